The Morgan fingerprint density at radius 1 is 1.40 bits per heavy atom. The van der Waals surface area contributed by atoms with E-state index in [-0.39, 0.29) is 19.6 Å². The van der Waals surface area contributed by atoms with E-state index in [1.807, 2.05) is 0 Å². The van der Waals surface area contributed by atoms with Gasteiger partial charge in [0.1, 0.15) is 11.8 Å². The van der Waals surface area contributed by atoms with Gasteiger partial charge in [-0.2, -0.15) is 0 Å². The lowest BCUT2D eigenvalue weighted by atomic mass is 10.2. The molecule has 0 spiro atoms. The largest absolute Gasteiger partial charge is 0.482 e. The van der Waals surface area contributed by atoms with Crippen molar-refractivity contribution in [1.29, 1.82) is 0 Å². The van der Waals surface area contributed by atoms with Crippen LogP contribution in [0.1, 0.15) is 6.42 Å². The number of para-hydroxylation sites is 1. The summed E-state index contributed by atoms with van der Waals surface area (Å²) in [5.41, 5.74) is 0. The second-order valence-corrected chi connectivity index (χ2v) is 4.92. The fourth-order valence-corrected chi connectivity index (χ4v) is 2.30. The number of amides is 1. The van der Waals surface area contributed by atoms with E-state index in [4.69, 9.17) is 21.4 Å². The number of carboxylic acid groups (broad SMARTS) is 1. The van der Waals surface area contributed by atoms with Crippen molar-refractivity contribution in [3.8, 4) is 5.75 Å². The van der Waals surface area contributed by atoms with Crippen LogP contribution in [0.3, 0.4) is 0 Å². The highest BCUT2D eigenvalue weighted by Crippen LogP contribution is 2.24. The zero-order chi connectivity index (χ0) is 14.7. The van der Waals surface area contributed by atoms with Crippen LogP contribution in [-0.4, -0.2) is 52.3 Å². The van der Waals surface area contributed by atoms with Crippen molar-refractivity contribution in [3.05, 3.63) is 29.3 Å². The fourth-order valence-electron chi connectivity index (χ4n) is 2.11. The van der Waals surface area contributed by atoms with Crippen molar-refractivity contribution >= 4 is 23.5 Å². The van der Waals surface area contributed by atoms with Gasteiger partial charge in [0, 0.05) is 13.0 Å². The Hall–Kier alpha value is -1.79. The standard InChI is InChI=1S/C13H14ClNO5/c14-9-3-1-2-4-11(9)20-7-12(17)15-6-8(16)5-10(15)13(18)19/h1-4,8,10,16H,5-7H2,(H,18,19)/t8-,10+/m1/s1. The molecule has 1 aromatic carbocycles. The van der Waals surface area contributed by atoms with E-state index < -0.39 is 24.0 Å². The van der Waals surface area contributed by atoms with Crippen molar-refractivity contribution in [2.45, 2.75) is 18.6 Å². The summed E-state index contributed by atoms with van der Waals surface area (Å²) in [5.74, 6) is -1.27. The van der Waals surface area contributed by atoms with Gasteiger partial charge in [-0.1, -0.05) is 23.7 Å². The minimum atomic E-state index is -1.13. The van der Waals surface area contributed by atoms with Gasteiger partial charge >= 0.3 is 5.97 Å². The highest BCUT2D eigenvalue weighted by Gasteiger charge is 2.38. The Morgan fingerprint density at radius 3 is 2.75 bits per heavy atom. The topological polar surface area (TPSA) is 87.1 Å². The van der Waals surface area contributed by atoms with Crippen LogP contribution in [0, 0.1) is 0 Å². The van der Waals surface area contributed by atoms with Crippen molar-refractivity contribution in [2.75, 3.05) is 13.2 Å². The van der Waals surface area contributed by atoms with Gasteiger partial charge in [-0.05, 0) is 12.1 Å². The normalized spacial score (nSPS) is 21.8. The average Bonchev–Trinajstić information content (AvgIpc) is 2.80. The summed E-state index contributed by atoms with van der Waals surface area (Å²) >= 11 is 5.89. The molecule has 1 saturated heterocycles. The molecule has 0 unspecified atom stereocenters. The molecule has 1 aromatic rings. The first-order valence-electron chi connectivity index (χ1n) is 6.06. The Kier molecular flexibility index (Phi) is 4.46. The van der Waals surface area contributed by atoms with Crippen LogP contribution in [-0.2, 0) is 9.59 Å². The number of ether oxygens (including phenoxy) is 1. The highest BCUT2D eigenvalue weighted by atomic mass is 35.5. The van der Waals surface area contributed by atoms with Crippen LogP contribution in [0.25, 0.3) is 0 Å². The first kappa shape index (κ1) is 14.6. The van der Waals surface area contributed by atoms with Gasteiger partial charge in [0.05, 0.1) is 11.1 Å². The summed E-state index contributed by atoms with van der Waals surface area (Å²) in [6.45, 7) is -0.318. The third-order valence-corrected chi connectivity index (χ3v) is 3.38. The summed E-state index contributed by atoms with van der Waals surface area (Å²) in [5, 5.41) is 18.9. The molecular weight excluding hydrogens is 286 g/mol. The van der Waals surface area contributed by atoms with Gasteiger partial charge in [0.2, 0.25) is 0 Å². The number of carboxylic acids is 1. The number of aliphatic carboxylic acids is 1. The molecule has 7 heteroatoms. The Balaban J connectivity index is 1.98. The number of aliphatic hydroxyl groups excluding tert-OH is 1. The maximum atomic E-state index is 12.0. The molecule has 1 heterocycles. The smallest absolute Gasteiger partial charge is 0.326 e. The molecule has 20 heavy (non-hydrogen) atoms. The lowest BCUT2D eigenvalue weighted by molar-refractivity contribution is -0.148. The summed E-state index contributed by atoms with van der Waals surface area (Å²) < 4.78 is 5.28. The molecule has 6 nitrogen and oxygen atoms in total. The van der Waals surface area contributed by atoms with E-state index in [2.05, 4.69) is 0 Å². The maximum Gasteiger partial charge on any atom is 0.326 e. The molecule has 1 aliphatic heterocycles. The predicted octanol–water partition coefficient (Wildman–Crippen LogP) is 0.765. The van der Waals surface area contributed by atoms with Crippen molar-refractivity contribution in [2.24, 2.45) is 0 Å². The van der Waals surface area contributed by atoms with E-state index >= 15 is 0 Å². The first-order chi connectivity index (χ1) is 9.49. The third kappa shape index (κ3) is 3.20. The third-order valence-electron chi connectivity index (χ3n) is 3.07. The molecule has 1 fully saturated rings. The molecule has 2 rings (SSSR count). The lowest BCUT2D eigenvalue weighted by Gasteiger charge is -2.21. The van der Waals surface area contributed by atoms with Gasteiger partial charge < -0.3 is 19.8 Å². The number of β-amino-alcohol motifs (C(OH)–C–C–N with tert-alkyl or cyclic N) is 1. The van der Waals surface area contributed by atoms with E-state index in [9.17, 15) is 14.7 Å². The number of hydrogen-bond acceptors (Lipinski definition) is 4. The number of nitrogens with zero attached hydrogens (tertiary/aromatic N) is 1. The molecule has 0 aliphatic carbocycles. The quantitative estimate of drug-likeness (QED) is 0.857. The van der Waals surface area contributed by atoms with Crippen LogP contribution in [0.4, 0.5) is 0 Å². The number of likely N-dealkylation sites (tertiary alicyclic amines) is 1. The van der Waals surface area contributed by atoms with E-state index in [1.54, 1.807) is 24.3 Å². The second-order valence-electron chi connectivity index (χ2n) is 4.51. The molecule has 108 valence electrons. The van der Waals surface area contributed by atoms with Gasteiger partial charge in [0.25, 0.3) is 5.91 Å². The van der Waals surface area contributed by atoms with Crippen molar-refractivity contribution < 1.29 is 24.5 Å². The van der Waals surface area contributed by atoms with Crippen LogP contribution < -0.4 is 4.74 Å². The lowest BCUT2D eigenvalue weighted by Crippen LogP contribution is -2.42. The van der Waals surface area contributed by atoms with E-state index in [0.717, 1.165) is 4.90 Å². The number of rotatable bonds is 4. The van der Waals surface area contributed by atoms with E-state index in [1.165, 1.54) is 0 Å². The Morgan fingerprint density at radius 2 is 2.10 bits per heavy atom. The van der Waals surface area contributed by atoms with Crippen LogP contribution >= 0.6 is 11.6 Å². The van der Waals surface area contributed by atoms with Crippen molar-refractivity contribution in [1.82, 2.24) is 4.90 Å². The summed E-state index contributed by atoms with van der Waals surface area (Å²) in [6, 6.07) is 5.68. The van der Waals surface area contributed by atoms with Crippen LogP contribution in [0.15, 0.2) is 24.3 Å². The number of halogens is 1. The molecule has 1 amide bonds. The van der Waals surface area contributed by atoms with Crippen molar-refractivity contribution in [3.63, 3.8) is 0 Å². The number of carbonyl (C=O) groups excluding carboxylic acids is 1. The molecule has 0 saturated carbocycles. The van der Waals surface area contributed by atoms with Gasteiger partial charge in [-0.25, -0.2) is 4.79 Å². The molecular formula is C13H14ClNO5. The summed E-state index contributed by atoms with van der Waals surface area (Å²) in [4.78, 5) is 24.1. The SMILES string of the molecule is O=C(O)[C@@H]1C[C@@H](O)CN1C(=O)COc1ccccc1Cl. The minimum Gasteiger partial charge on any atom is -0.482 e. The van der Waals surface area contributed by atoms with Crippen LogP contribution in [0.5, 0.6) is 5.75 Å². The molecule has 0 radical (unpaired) electrons. The predicted molar refractivity (Wildman–Crippen MR) is 70.7 cm³/mol. The number of aliphatic hydroxyl groups is 1. The van der Waals surface area contributed by atoms with Gasteiger partial charge in [0.15, 0.2) is 6.61 Å². The molecule has 1 aliphatic rings. The summed E-state index contributed by atoms with van der Waals surface area (Å²) in [6.07, 6.45) is -0.784. The monoisotopic (exact) mass is 299 g/mol. The Labute approximate surface area is 120 Å². The number of hydrogen-bond donors (Lipinski definition) is 2. The maximum absolute atomic E-state index is 12.0. The number of carbonyl (C=O) groups is 2. The molecule has 0 aromatic heterocycles. The minimum absolute atomic E-state index is 0.00167. The van der Waals surface area contributed by atoms with Gasteiger partial charge in [-0.15, -0.1) is 0 Å². The van der Waals surface area contributed by atoms with Gasteiger partial charge in [-0.3, -0.25) is 4.79 Å². The zero-order valence-electron chi connectivity index (χ0n) is 10.5. The molecule has 2 atom stereocenters. The summed E-state index contributed by atoms with van der Waals surface area (Å²) in [7, 11) is 0. The average molecular weight is 300 g/mol. The highest BCUT2D eigenvalue weighted by molar-refractivity contribution is 6.32. The van der Waals surface area contributed by atoms with Crippen LogP contribution in [0.2, 0.25) is 5.02 Å². The molecule has 2 N–H and O–H groups in total. The zero-order valence-corrected chi connectivity index (χ0v) is 11.3. The Bertz CT molecular complexity index is 521. The van der Waals surface area contributed by atoms with E-state index in [0.29, 0.717) is 10.8 Å². The fraction of sp³-hybridized carbons (Fsp3) is 0.385. The molecule has 0 bridgehead atoms. The second kappa shape index (κ2) is 6.11. The first-order valence-corrected chi connectivity index (χ1v) is 6.44. The number of benzene rings is 1.